The fraction of sp³-hybridized carbons (Fsp3) is 1.00. The highest BCUT2D eigenvalue weighted by Gasteiger charge is 2.27. The second-order valence-corrected chi connectivity index (χ2v) is 4.19. The molecule has 1 unspecified atom stereocenters. The molecular formula is C9H22N2. The predicted molar refractivity (Wildman–Crippen MR) is 50.3 cm³/mol. The molecule has 11 heavy (non-hydrogen) atoms. The van der Waals surface area contributed by atoms with Crippen LogP contribution >= 0.6 is 0 Å². The molecule has 0 aromatic rings. The number of hydrogen-bond acceptors (Lipinski definition) is 2. The van der Waals surface area contributed by atoms with Gasteiger partial charge in [-0.1, -0.05) is 27.7 Å². The minimum absolute atomic E-state index is 0.159. The molecule has 0 aliphatic rings. The van der Waals surface area contributed by atoms with Gasteiger partial charge in [-0.2, -0.15) is 0 Å². The molecule has 0 saturated heterocycles. The average Bonchev–Trinajstić information content (AvgIpc) is 1.86. The largest absolute Gasteiger partial charge is 0.329 e. The van der Waals surface area contributed by atoms with Gasteiger partial charge in [0.25, 0.3) is 0 Å². The van der Waals surface area contributed by atoms with E-state index < -0.39 is 0 Å². The van der Waals surface area contributed by atoms with Crippen LogP contribution in [0, 0.1) is 11.8 Å². The summed E-state index contributed by atoms with van der Waals surface area (Å²) in [5, 5.41) is 0. The number of nitrogens with two attached hydrogens (primary N) is 2. The molecule has 0 radical (unpaired) electrons. The van der Waals surface area contributed by atoms with Crippen LogP contribution in [0.4, 0.5) is 0 Å². The highest BCUT2D eigenvalue weighted by Crippen LogP contribution is 2.21. The SMILES string of the molecule is CC(C)CC(N)(CN)C(C)C. The summed E-state index contributed by atoms with van der Waals surface area (Å²) >= 11 is 0. The summed E-state index contributed by atoms with van der Waals surface area (Å²) in [6, 6.07) is 0. The van der Waals surface area contributed by atoms with Gasteiger partial charge in [0.15, 0.2) is 0 Å². The van der Waals surface area contributed by atoms with Gasteiger partial charge >= 0.3 is 0 Å². The zero-order valence-electron chi connectivity index (χ0n) is 8.22. The van der Waals surface area contributed by atoms with Crippen LogP contribution in [0.1, 0.15) is 34.1 Å². The third-order valence-electron chi connectivity index (χ3n) is 2.32. The Morgan fingerprint density at radius 3 is 1.73 bits per heavy atom. The summed E-state index contributed by atoms with van der Waals surface area (Å²) in [7, 11) is 0. The van der Waals surface area contributed by atoms with Gasteiger partial charge in [0, 0.05) is 12.1 Å². The maximum atomic E-state index is 6.12. The second-order valence-electron chi connectivity index (χ2n) is 4.19. The Morgan fingerprint density at radius 1 is 1.18 bits per heavy atom. The molecule has 0 aromatic carbocycles. The molecule has 0 aliphatic carbocycles. The number of rotatable bonds is 4. The molecule has 0 heterocycles. The molecular weight excluding hydrogens is 136 g/mol. The van der Waals surface area contributed by atoms with E-state index >= 15 is 0 Å². The van der Waals surface area contributed by atoms with Gasteiger partial charge in [-0.3, -0.25) is 0 Å². The third-order valence-corrected chi connectivity index (χ3v) is 2.32. The summed E-state index contributed by atoms with van der Waals surface area (Å²) in [5.74, 6) is 1.10. The van der Waals surface area contributed by atoms with Crippen molar-refractivity contribution in [1.82, 2.24) is 0 Å². The van der Waals surface area contributed by atoms with Crippen LogP contribution in [0.15, 0.2) is 0 Å². The van der Waals surface area contributed by atoms with E-state index in [-0.39, 0.29) is 5.54 Å². The minimum Gasteiger partial charge on any atom is -0.329 e. The standard InChI is InChI=1S/C9H22N2/c1-7(2)5-9(11,6-10)8(3)4/h7-8H,5-6,10-11H2,1-4H3. The van der Waals surface area contributed by atoms with E-state index in [1.807, 2.05) is 0 Å². The monoisotopic (exact) mass is 158 g/mol. The lowest BCUT2D eigenvalue weighted by molar-refractivity contribution is 0.263. The first kappa shape index (κ1) is 10.9. The van der Waals surface area contributed by atoms with Crippen LogP contribution in [0.2, 0.25) is 0 Å². The van der Waals surface area contributed by atoms with Crippen molar-refractivity contribution in [2.75, 3.05) is 6.54 Å². The lowest BCUT2D eigenvalue weighted by Crippen LogP contribution is -2.52. The highest BCUT2D eigenvalue weighted by atomic mass is 14.8. The van der Waals surface area contributed by atoms with E-state index in [1.54, 1.807) is 0 Å². The van der Waals surface area contributed by atoms with Crippen LogP contribution in [0.3, 0.4) is 0 Å². The molecule has 0 bridgehead atoms. The highest BCUT2D eigenvalue weighted by molar-refractivity contribution is 4.88. The van der Waals surface area contributed by atoms with Gasteiger partial charge in [0.1, 0.15) is 0 Å². The van der Waals surface area contributed by atoms with Crippen molar-refractivity contribution >= 4 is 0 Å². The van der Waals surface area contributed by atoms with Gasteiger partial charge in [-0.15, -0.1) is 0 Å². The second kappa shape index (κ2) is 4.07. The number of hydrogen-bond donors (Lipinski definition) is 2. The van der Waals surface area contributed by atoms with Crippen molar-refractivity contribution in [3.63, 3.8) is 0 Å². The zero-order valence-corrected chi connectivity index (χ0v) is 8.22. The lowest BCUT2D eigenvalue weighted by Gasteiger charge is -2.33. The van der Waals surface area contributed by atoms with E-state index in [0.717, 1.165) is 6.42 Å². The van der Waals surface area contributed by atoms with Gasteiger partial charge in [0.2, 0.25) is 0 Å². The fourth-order valence-electron chi connectivity index (χ4n) is 1.31. The Labute approximate surface area is 70.3 Å². The van der Waals surface area contributed by atoms with Crippen molar-refractivity contribution in [3.8, 4) is 0 Å². The van der Waals surface area contributed by atoms with Crippen LogP contribution in [-0.2, 0) is 0 Å². The van der Waals surface area contributed by atoms with E-state index in [2.05, 4.69) is 27.7 Å². The first-order valence-corrected chi connectivity index (χ1v) is 4.41. The van der Waals surface area contributed by atoms with Crippen molar-refractivity contribution in [2.24, 2.45) is 23.3 Å². The van der Waals surface area contributed by atoms with Crippen molar-refractivity contribution in [1.29, 1.82) is 0 Å². The smallest absolute Gasteiger partial charge is 0.0304 e. The molecule has 2 heteroatoms. The summed E-state index contributed by atoms with van der Waals surface area (Å²) < 4.78 is 0. The summed E-state index contributed by atoms with van der Waals surface area (Å²) in [6.07, 6.45) is 1.02. The van der Waals surface area contributed by atoms with Crippen LogP contribution < -0.4 is 11.5 Å². The Kier molecular flexibility index (Phi) is 4.04. The first-order valence-electron chi connectivity index (χ1n) is 4.41. The average molecular weight is 158 g/mol. The molecule has 0 amide bonds. The quantitative estimate of drug-likeness (QED) is 0.649. The van der Waals surface area contributed by atoms with Crippen LogP contribution in [-0.4, -0.2) is 12.1 Å². The Morgan fingerprint density at radius 2 is 1.64 bits per heavy atom. The van der Waals surface area contributed by atoms with Gasteiger partial charge < -0.3 is 11.5 Å². The Balaban J connectivity index is 4.10. The van der Waals surface area contributed by atoms with Crippen molar-refractivity contribution < 1.29 is 0 Å². The van der Waals surface area contributed by atoms with E-state index in [1.165, 1.54) is 0 Å². The molecule has 1 atom stereocenters. The molecule has 0 saturated carbocycles. The van der Waals surface area contributed by atoms with Gasteiger partial charge in [-0.05, 0) is 18.3 Å². The predicted octanol–water partition coefficient (Wildman–Crippen LogP) is 1.34. The Hall–Kier alpha value is -0.0800. The summed E-state index contributed by atoms with van der Waals surface area (Å²) in [4.78, 5) is 0. The third kappa shape index (κ3) is 3.21. The minimum atomic E-state index is -0.159. The molecule has 68 valence electrons. The summed E-state index contributed by atoms with van der Waals surface area (Å²) in [5.41, 5.74) is 11.6. The molecule has 0 rings (SSSR count). The Bertz CT molecular complexity index is 110. The molecule has 0 aliphatic heterocycles. The van der Waals surface area contributed by atoms with E-state index in [9.17, 15) is 0 Å². The van der Waals surface area contributed by atoms with Crippen molar-refractivity contribution in [2.45, 2.75) is 39.7 Å². The maximum absolute atomic E-state index is 6.12. The molecule has 4 N–H and O–H groups in total. The van der Waals surface area contributed by atoms with Gasteiger partial charge in [-0.25, -0.2) is 0 Å². The van der Waals surface area contributed by atoms with Gasteiger partial charge in [0.05, 0.1) is 0 Å². The normalized spacial score (nSPS) is 17.5. The molecule has 0 spiro atoms. The topological polar surface area (TPSA) is 52.0 Å². The zero-order chi connectivity index (χ0) is 9.07. The maximum Gasteiger partial charge on any atom is 0.0304 e. The van der Waals surface area contributed by atoms with Crippen LogP contribution in [0.5, 0.6) is 0 Å². The first-order chi connectivity index (χ1) is 4.92. The molecule has 2 nitrogen and oxygen atoms in total. The van der Waals surface area contributed by atoms with Crippen LogP contribution in [0.25, 0.3) is 0 Å². The van der Waals surface area contributed by atoms with Crippen molar-refractivity contribution in [3.05, 3.63) is 0 Å². The molecule has 0 aromatic heterocycles. The van der Waals surface area contributed by atoms with E-state index in [4.69, 9.17) is 11.5 Å². The summed E-state index contributed by atoms with van der Waals surface area (Å²) in [6.45, 7) is 9.21. The van der Waals surface area contributed by atoms with E-state index in [0.29, 0.717) is 18.4 Å². The molecule has 0 fully saturated rings. The fourth-order valence-corrected chi connectivity index (χ4v) is 1.31. The lowest BCUT2D eigenvalue weighted by atomic mass is 9.80.